The molecule has 0 saturated carbocycles. The van der Waals surface area contributed by atoms with E-state index in [-0.39, 0.29) is 23.4 Å². The molecule has 0 aliphatic carbocycles. The number of carboxylic acid groups (broad SMARTS) is 1. The lowest BCUT2D eigenvalue weighted by molar-refractivity contribution is -0.136. The van der Waals surface area contributed by atoms with Crippen molar-refractivity contribution in [1.82, 2.24) is 0 Å². The number of benzene rings is 1. The van der Waals surface area contributed by atoms with Crippen molar-refractivity contribution in [2.24, 2.45) is 0 Å². The second kappa shape index (κ2) is 4.42. The van der Waals surface area contributed by atoms with Crippen LogP contribution >= 0.6 is 11.6 Å². The lowest BCUT2D eigenvalue weighted by Gasteiger charge is -2.06. The van der Waals surface area contributed by atoms with E-state index in [0.717, 1.165) is 0 Å². The fraction of sp³-hybridized carbons (Fsp3) is 0.300. The monoisotopic (exact) mass is 216 g/mol. The van der Waals surface area contributed by atoms with Crippen LogP contribution < -0.4 is 0 Å². The second-order valence-electron chi connectivity index (χ2n) is 3.05. The number of aryl methyl sites for hydroxylation is 1. The molecule has 0 aromatic heterocycles. The average molecular weight is 217 g/mol. The van der Waals surface area contributed by atoms with E-state index in [4.69, 9.17) is 16.7 Å². The molecule has 1 aromatic rings. The Balaban J connectivity index is 2.95. The Hall–Kier alpha value is -1.09. The highest BCUT2D eigenvalue weighted by Crippen LogP contribution is 2.23. The van der Waals surface area contributed by atoms with E-state index in [0.29, 0.717) is 5.56 Å². The van der Waals surface area contributed by atoms with Crippen molar-refractivity contribution in [3.63, 3.8) is 0 Å². The first-order valence-electron chi connectivity index (χ1n) is 4.17. The maximum Gasteiger partial charge on any atom is 0.303 e. The Morgan fingerprint density at radius 3 is 2.79 bits per heavy atom. The number of hydrogen-bond acceptors (Lipinski definition) is 1. The molecule has 0 saturated heterocycles. The van der Waals surface area contributed by atoms with Gasteiger partial charge < -0.3 is 5.11 Å². The molecule has 0 amide bonds. The van der Waals surface area contributed by atoms with Crippen LogP contribution in [-0.4, -0.2) is 11.1 Å². The highest BCUT2D eigenvalue weighted by atomic mass is 35.5. The summed E-state index contributed by atoms with van der Waals surface area (Å²) in [7, 11) is 0. The summed E-state index contributed by atoms with van der Waals surface area (Å²) in [6.45, 7) is 1.62. The van der Waals surface area contributed by atoms with Crippen LogP contribution in [0.3, 0.4) is 0 Å². The minimum Gasteiger partial charge on any atom is -0.481 e. The summed E-state index contributed by atoms with van der Waals surface area (Å²) in [4.78, 5) is 10.3. The van der Waals surface area contributed by atoms with Crippen molar-refractivity contribution in [2.75, 3.05) is 0 Å². The summed E-state index contributed by atoms with van der Waals surface area (Å²) in [5.41, 5.74) is 0.767. The largest absolute Gasteiger partial charge is 0.481 e. The predicted octanol–water partition coefficient (Wildman–Crippen LogP) is 2.80. The molecule has 0 bridgehead atoms. The summed E-state index contributed by atoms with van der Waals surface area (Å²) in [5, 5.41) is 8.75. The number of aliphatic carboxylic acids is 1. The summed E-state index contributed by atoms with van der Waals surface area (Å²) in [6.07, 6.45) is 0.0156. The van der Waals surface area contributed by atoms with E-state index in [1.54, 1.807) is 19.1 Å². The molecular formula is C10H10ClFO2. The Morgan fingerprint density at radius 1 is 1.57 bits per heavy atom. The number of hydrogen-bond donors (Lipinski definition) is 1. The average Bonchev–Trinajstić information content (AvgIpc) is 2.11. The van der Waals surface area contributed by atoms with Crippen LogP contribution in [0.5, 0.6) is 0 Å². The van der Waals surface area contributed by atoms with E-state index in [2.05, 4.69) is 0 Å². The van der Waals surface area contributed by atoms with E-state index >= 15 is 0 Å². The Labute approximate surface area is 86.3 Å². The Kier molecular flexibility index (Phi) is 3.47. The molecule has 2 nitrogen and oxygen atoms in total. The molecule has 1 aromatic carbocycles. The van der Waals surface area contributed by atoms with Gasteiger partial charge in [-0.2, -0.15) is 0 Å². The second-order valence-corrected chi connectivity index (χ2v) is 3.46. The van der Waals surface area contributed by atoms with Gasteiger partial charge in [-0.25, -0.2) is 4.39 Å². The van der Waals surface area contributed by atoms with Gasteiger partial charge in [0.05, 0.1) is 0 Å². The Morgan fingerprint density at radius 2 is 2.21 bits per heavy atom. The SMILES string of the molecule is Cc1ccc(Cl)c(CCC(=O)O)c1F. The number of carbonyl (C=O) groups is 1. The highest BCUT2D eigenvalue weighted by Gasteiger charge is 2.11. The number of carboxylic acids is 1. The van der Waals surface area contributed by atoms with E-state index in [1.165, 1.54) is 0 Å². The molecule has 0 aliphatic heterocycles. The molecule has 14 heavy (non-hydrogen) atoms. The van der Waals surface area contributed by atoms with Crippen molar-refractivity contribution in [2.45, 2.75) is 19.8 Å². The van der Waals surface area contributed by atoms with E-state index in [1.807, 2.05) is 0 Å². The van der Waals surface area contributed by atoms with Gasteiger partial charge in [0.1, 0.15) is 5.82 Å². The summed E-state index contributed by atoms with van der Waals surface area (Å²) in [6, 6.07) is 3.15. The van der Waals surface area contributed by atoms with Crippen molar-refractivity contribution < 1.29 is 14.3 Å². The first kappa shape index (κ1) is 11.0. The fourth-order valence-corrected chi connectivity index (χ4v) is 1.42. The Bertz CT molecular complexity index is 363. The fourth-order valence-electron chi connectivity index (χ4n) is 1.18. The molecule has 1 rings (SSSR count). The van der Waals surface area contributed by atoms with Gasteiger partial charge in [0.2, 0.25) is 0 Å². The number of rotatable bonds is 3. The molecule has 4 heteroatoms. The van der Waals surface area contributed by atoms with Crippen LogP contribution in [0.1, 0.15) is 17.5 Å². The first-order valence-corrected chi connectivity index (χ1v) is 4.55. The van der Waals surface area contributed by atoms with Crippen LogP contribution in [-0.2, 0) is 11.2 Å². The summed E-state index contributed by atoms with van der Waals surface area (Å²) in [5.74, 6) is -1.36. The van der Waals surface area contributed by atoms with Gasteiger partial charge in [-0.15, -0.1) is 0 Å². The molecule has 0 spiro atoms. The minimum absolute atomic E-state index is 0.111. The van der Waals surface area contributed by atoms with Crippen molar-refractivity contribution >= 4 is 17.6 Å². The molecule has 0 aliphatic rings. The van der Waals surface area contributed by atoms with Crippen molar-refractivity contribution in [3.05, 3.63) is 34.1 Å². The van der Waals surface area contributed by atoms with Gasteiger partial charge in [-0.1, -0.05) is 17.7 Å². The summed E-state index contributed by atoms with van der Waals surface area (Å²) < 4.78 is 13.4. The zero-order valence-corrected chi connectivity index (χ0v) is 8.44. The van der Waals surface area contributed by atoms with Gasteiger partial charge in [0.15, 0.2) is 0 Å². The quantitative estimate of drug-likeness (QED) is 0.844. The van der Waals surface area contributed by atoms with Gasteiger partial charge >= 0.3 is 5.97 Å². The van der Waals surface area contributed by atoms with Crippen molar-refractivity contribution in [1.29, 1.82) is 0 Å². The molecule has 0 unspecified atom stereocenters. The third kappa shape index (κ3) is 2.45. The van der Waals surface area contributed by atoms with Gasteiger partial charge in [0.25, 0.3) is 0 Å². The molecule has 0 heterocycles. The topological polar surface area (TPSA) is 37.3 Å². The van der Waals surface area contributed by atoms with Gasteiger partial charge in [0, 0.05) is 17.0 Å². The third-order valence-electron chi connectivity index (χ3n) is 1.97. The third-order valence-corrected chi connectivity index (χ3v) is 2.32. The molecule has 1 N–H and O–H groups in total. The van der Waals surface area contributed by atoms with Crippen LogP contribution in [0.2, 0.25) is 5.02 Å². The number of halogens is 2. The van der Waals surface area contributed by atoms with Crippen LogP contribution in [0, 0.1) is 12.7 Å². The molecule has 76 valence electrons. The van der Waals surface area contributed by atoms with Crippen LogP contribution in [0.4, 0.5) is 4.39 Å². The lowest BCUT2D eigenvalue weighted by Crippen LogP contribution is -2.01. The predicted molar refractivity (Wildman–Crippen MR) is 52.1 cm³/mol. The maximum atomic E-state index is 13.4. The van der Waals surface area contributed by atoms with Crippen LogP contribution in [0.15, 0.2) is 12.1 Å². The molecular weight excluding hydrogens is 207 g/mol. The highest BCUT2D eigenvalue weighted by molar-refractivity contribution is 6.31. The smallest absolute Gasteiger partial charge is 0.303 e. The first-order chi connectivity index (χ1) is 6.52. The maximum absolute atomic E-state index is 13.4. The van der Waals surface area contributed by atoms with E-state index < -0.39 is 11.8 Å². The van der Waals surface area contributed by atoms with Gasteiger partial charge in [-0.05, 0) is 25.0 Å². The van der Waals surface area contributed by atoms with Crippen molar-refractivity contribution in [3.8, 4) is 0 Å². The minimum atomic E-state index is -0.957. The summed E-state index contributed by atoms with van der Waals surface area (Å²) >= 11 is 5.75. The van der Waals surface area contributed by atoms with Crippen LogP contribution in [0.25, 0.3) is 0 Å². The lowest BCUT2D eigenvalue weighted by atomic mass is 10.1. The molecule has 0 fully saturated rings. The standard InChI is InChI=1S/C10H10ClFO2/c1-6-2-4-8(11)7(10(6)12)3-5-9(13)14/h2,4H,3,5H2,1H3,(H,13,14). The zero-order valence-electron chi connectivity index (χ0n) is 7.68. The molecule has 0 atom stereocenters. The molecule has 0 radical (unpaired) electrons. The van der Waals surface area contributed by atoms with E-state index in [9.17, 15) is 9.18 Å². The normalized spacial score (nSPS) is 10.2. The van der Waals surface area contributed by atoms with Gasteiger partial charge in [-0.3, -0.25) is 4.79 Å². The zero-order chi connectivity index (χ0) is 10.7.